The summed E-state index contributed by atoms with van der Waals surface area (Å²) in [5.74, 6) is 0.880. The van der Waals surface area contributed by atoms with Crippen LogP contribution in [0.5, 0.6) is 11.5 Å². The van der Waals surface area contributed by atoms with Gasteiger partial charge in [0.1, 0.15) is 11.5 Å². The maximum atomic E-state index is 12.3. The Labute approximate surface area is 120 Å². The molecular weight excluding hydrogens is 278 g/mol. The van der Waals surface area contributed by atoms with Crippen molar-refractivity contribution in [1.82, 2.24) is 4.57 Å². The van der Waals surface area contributed by atoms with E-state index < -0.39 is 0 Å². The second-order valence-electron chi connectivity index (χ2n) is 4.22. The van der Waals surface area contributed by atoms with Crippen LogP contribution >= 0.6 is 11.3 Å². The van der Waals surface area contributed by atoms with Crippen LogP contribution in [-0.2, 0) is 6.54 Å². The molecule has 0 fully saturated rings. The third kappa shape index (κ3) is 2.75. The number of hydrogen-bond acceptors (Lipinski definition) is 5. The molecule has 2 rings (SSSR count). The maximum absolute atomic E-state index is 12.3. The summed E-state index contributed by atoms with van der Waals surface area (Å²) < 4.78 is 11.7. The van der Waals surface area contributed by atoms with Crippen molar-refractivity contribution in [2.45, 2.75) is 13.5 Å². The number of carbonyl (C=O) groups excluding carboxylic acids is 1. The molecule has 106 valence electrons. The van der Waals surface area contributed by atoms with E-state index in [2.05, 4.69) is 0 Å². The molecule has 1 aromatic carbocycles. The number of hydrogen-bond donors (Lipinski definition) is 0. The number of aryl methyl sites for hydroxylation is 1. The fourth-order valence-electron chi connectivity index (χ4n) is 1.85. The molecule has 6 heteroatoms. The zero-order valence-corrected chi connectivity index (χ0v) is 12.3. The molecule has 0 aliphatic heterocycles. The summed E-state index contributed by atoms with van der Waals surface area (Å²) in [6.07, 6.45) is 0. The van der Waals surface area contributed by atoms with Gasteiger partial charge in [-0.2, -0.15) is 0 Å². The third-order valence-electron chi connectivity index (χ3n) is 2.99. The molecule has 2 aromatic rings. The van der Waals surface area contributed by atoms with Gasteiger partial charge in [0.25, 0.3) is 0 Å². The number of Topliss-reactive ketones (excluding diaryl/α,β-unsaturated/α-hetero) is 1. The molecule has 0 atom stereocenters. The molecule has 0 aliphatic carbocycles. The minimum atomic E-state index is -0.173. The molecule has 0 N–H and O–H groups in total. The summed E-state index contributed by atoms with van der Waals surface area (Å²) in [5, 5.41) is 1.74. The topological polar surface area (TPSA) is 57.5 Å². The molecule has 1 heterocycles. The Hall–Kier alpha value is -2.08. The molecule has 0 aliphatic rings. The van der Waals surface area contributed by atoms with Crippen LogP contribution < -0.4 is 14.3 Å². The fraction of sp³-hybridized carbons (Fsp3) is 0.286. The van der Waals surface area contributed by atoms with Crippen molar-refractivity contribution in [2.75, 3.05) is 14.2 Å². The van der Waals surface area contributed by atoms with Gasteiger partial charge >= 0.3 is 4.87 Å². The first-order valence-electron chi connectivity index (χ1n) is 5.97. The van der Waals surface area contributed by atoms with E-state index in [0.717, 1.165) is 17.0 Å². The monoisotopic (exact) mass is 293 g/mol. The van der Waals surface area contributed by atoms with E-state index in [1.54, 1.807) is 37.6 Å². The zero-order valence-electron chi connectivity index (χ0n) is 11.5. The number of methoxy groups -OCH3 is 2. The lowest BCUT2D eigenvalue weighted by molar-refractivity contribution is 0.0967. The van der Waals surface area contributed by atoms with Crippen LogP contribution in [0.1, 0.15) is 16.1 Å². The summed E-state index contributed by atoms with van der Waals surface area (Å²) in [7, 11) is 3.04. The van der Waals surface area contributed by atoms with Crippen LogP contribution in [0.25, 0.3) is 0 Å². The van der Waals surface area contributed by atoms with Gasteiger partial charge in [0.2, 0.25) is 0 Å². The van der Waals surface area contributed by atoms with Crippen molar-refractivity contribution < 1.29 is 14.3 Å². The molecule has 5 nitrogen and oxygen atoms in total. The predicted molar refractivity (Wildman–Crippen MR) is 77.2 cm³/mol. The van der Waals surface area contributed by atoms with Crippen molar-refractivity contribution >= 4 is 17.1 Å². The Morgan fingerprint density at radius 1 is 1.30 bits per heavy atom. The predicted octanol–water partition coefficient (Wildman–Crippen LogP) is 2.12. The van der Waals surface area contributed by atoms with Crippen LogP contribution in [0.2, 0.25) is 0 Å². The maximum Gasteiger partial charge on any atom is 0.307 e. The highest BCUT2D eigenvalue weighted by Gasteiger charge is 2.15. The number of thiazole rings is 1. The number of rotatable bonds is 5. The molecule has 20 heavy (non-hydrogen) atoms. The largest absolute Gasteiger partial charge is 0.497 e. The number of ketones is 1. The molecule has 0 bridgehead atoms. The molecule has 0 spiro atoms. The number of benzene rings is 1. The van der Waals surface area contributed by atoms with Gasteiger partial charge in [0.05, 0.1) is 26.3 Å². The number of nitrogens with zero attached hydrogens (tertiary/aromatic N) is 1. The Kier molecular flexibility index (Phi) is 4.24. The summed E-state index contributed by atoms with van der Waals surface area (Å²) >= 11 is 1.09. The highest BCUT2D eigenvalue weighted by molar-refractivity contribution is 7.07. The molecule has 0 amide bonds. The van der Waals surface area contributed by atoms with Gasteiger partial charge in [-0.1, -0.05) is 11.3 Å². The SMILES string of the molecule is COc1ccc(C(=O)Cn2c(C)csc2=O)c(OC)c1. The average Bonchev–Trinajstić information content (AvgIpc) is 2.78. The molecule has 1 aromatic heterocycles. The highest BCUT2D eigenvalue weighted by atomic mass is 32.1. The minimum Gasteiger partial charge on any atom is -0.497 e. The van der Waals surface area contributed by atoms with E-state index in [-0.39, 0.29) is 17.2 Å². The molecule has 0 saturated carbocycles. The number of carbonyl (C=O) groups is 1. The molecule has 0 saturated heterocycles. The molecule has 0 unspecified atom stereocenters. The first-order valence-corrected chi connectivity index (χ1v) is 6.85. The lowest BCUT2D eigenvalue weighted by Crippen LogP contribution is -2.21. The summed E-state index contributed by atoms with van der Waals surface area (Å²) in [6.45, 7) is 1.81. The standard InChI is InChI=1S/C14H15NO4S/c1-9-8-20-14(17)15(9)7-12(16)11-5-4-10(18-2)6-13(11)19-3/h4-6,8H,7H2,1-3H3. The number of aromatic nitrogens is 1. The normalized spacial score (nSPS) is 10.3. The van der Waals surface area contributed by atoms with E-state index in [9.17, 15) is 9.59 Å². The smallest absolute Gasteiger partial charge is 0.307 e. The lowest BCUT2D eigenvalue weighted by Gasteiger charge is -2.10. The summed E-state index contributed by atoms with van der Waals surface area (Å²) in [6, 6.07) is 4.99. The van der Waals surface area contributed by atoms with Gasteiger partial charge in [-0.25, -0.2) is 0 Å². The quantitative estimate of drug-likeness (QED) is 0.792. The second kappa shape index (κ2) is 5.92. The number of ether oxygens (including phenoxy) is 2. The van der Waals surface area contributed by atoms with Crippen LogP contribution in [0.3, 0.4) is 0 Å². The molecular formula is C14H15NO4S. The Morgan fingerprint density at radius 3 is 2.60 bits per heavy atom. The van der Waals surface area contributed by atoms with Gasteiger partial charge in [-0.05, 0) is 19.1 Å². The third-order valence-corrected chi connectivity index (χ3v) is 3.87. The van der Waals surface area contributed by atoms with Crippen LogP contribution in [-0.4, -0.2) is 24.6 Å². The van der Waals surface area contributed by atoms with Crippen molar-refractivity contribution in [2.24, 2.45) is 0 Å². The van der Waals surface area contributed by atoms with Gasteiger partial charge in [-0.15, -0.1) is 0 Å². The van der Waals surface area contributed by atoms with Gasteiger partial charge in [0.15, 0.2) is 5.78 Å². The second-order valence-corrected chi connectivity index (χ2v) is 5.04. The first kappa shape index (κ1) is 14.3. The van der Waals surface area contributed by atoms with Crippen LogP contribution in [0, 0.1) is 6.92 Å². The Balaban J connectivity index is 2.32. The first-order chi connectivity index (χ1) is 9.56. The Morgan fingerprint density at radius 2 is 2.05 bits per heavy atom. The molecule has 0 radical (unpaired) electrons. The van der Waals surface area contributed by atoms with E-state index in [4.69, 9.17) is 9.47 Å². The van der Waals surface area contributed by atoms with Gasteiger partial charge < -0.3 is 9.47 Å². The Bertz CT molecular complexity index is 687. The van der Waals surface area contributed by atoms with Crippen LogP contribution in [0.4, 0.5) is 0 Å². The van der Waals surface area contributed by atoms with Crippen molar-refractivity contribution in [1.29, 1.82) is 0 Å². The van der Waals surface area contributed by atoms with E-state index in [0.29, 0.717) is 17.1 Å². The average molecular weight is 293 g/mol. The van der Waals surface area contributed by atoms with Crippen molar-refractivity contribution in [3.63, 3.8) is 0 Å². The fourth-order valence-corrected chi connectivity index (χ4v) is 2.59. The van der Waals surface area contributed by atoms with Crippen LogP contribution in [0.15, 0.2) is 28.4 Å². The van der Waals surface area contributed by atoms with E-state index in [1.807, 2.05) is 0 Å². The minimum absolute atomic E-state index is 0.0108. The highest BCUT2D eigenvalue weighted by Crippen LogP contribution is 2.25. The summed E-state index contributed by atoms with van der Waals surface area (Å²) in [4.78, 5) is 23.8. The summed E-state index contributed by atoms with van der Waals surface area (Å²) in [5.41, 5.74) is 1.21. The lowest BCUT2D eigenvalue weighted by atomic mass is 10.1. The van der Waals surface area contributed by atoms with E-state index in [1.165, 1.54) is 11.7 Å². The van der Waals surface area contributed by atoms with Gasteiger partial charge in [0, 0.05) is 17.1 Å². The zero-order chi connectivity index (χ0) is 14.7. The van der Waals surface area contributed by atoms with Gasteiger partial charge in [-0.3, -0.25) is 14.2 Å². The van der Waals surface area contributed by atoms with Crippen molar-refractivity contribution in [3.8, 4) is 11.5 Å². The van der Waals surface area contributed by atoms with E-state index >= 15 is 0 Å². The van der Waals surface area contributed by atoms with Crippen molar-refractivity contribution in [3.05, 3.63) is 44.5 Å².